The molecule has 1 heterocycles. The molecule has 2 unspecified atom stereocenters. The number of benzene rings is 1. The van der Waals surface area contributed by atoms with Crippen LogP contribution in [0.1, 0.15) is 33.6 Å². The molecule has 0 aliphatic carbocycles. The molecule has 2 nitrogen and oxygen atoms in total. The number of aryl methyl sites for hydroxylation is 2. The molecule has 3 heteroatoms. The van der Waals surface area contributed by atoms with Gasteiger partial charge in [-0.3, -0.25) is 0 Å². The van der Waals surface area contributed by atoms with Gasteiger partial charge in [0.05, 0.1) is 6.10 Å². The summed E-state index contributed by atoms with van der Waals surface area (Å²) < 4.78 is 0. The van der Waals surface area contributed by atoms with Gasteiger partial charge in [0.1, 0.15) is 0 Å². The molecule has 2 atom stereocenters. The van der Waals surface area contributed by atoms with Crippen LogP contribution in [-0.2, 0) is 0 Å². The Hall–Kier alpha value is -1.16. The third kappa shape index (κ3) is 2.64. The first-order chi connectivity index (χ1) is 8.63. The van der Waals surface area contributed by atoms with Crippen LogP contribution in [0.5, 0.6) is 0 Å². The van der Waals surface area contributed by atoms with Crippen molar-refractivity contribution in [3.05, 3.63) is 57.3 Å². The molecule has 0 saturated heterocycles. The summed E-state index contributed by atoms with van der Waals surface area (Å²) in [6.45, 7) is 4.53. The van der Waals surface area contributed by atoms with Crippen LogP contribution in [0.25, 0.3) is 0 Å². The largest absolute Gasteiger partial charge is 0.387 e. The van der Waals surface area contributed by atoms with E-state index in [4.69, 9.17) is 5.73 Å². The van der Waals surface area contributed by atoms with Crippen molar-refractivity contribution in [2.45, 2.75) is 25.9 Å². The van der Waals surface area contributed by atoms with E-state index in [-0.39, 0.29) is 5.92 Å². The first-order valence-electron chi connectivity index (χ1n) is 6.12. The first-order valence-corrected chi connectivity index (χ1v) is 7.00. The van der Waals surface area contributed by atoms with Crippen molar-refractivity contribution in [2.75, 3.05) is 6.54 Å². The number of aliphatic hydroxyl groups excluding tert-OH is 1. The lowest BCUT2D eigenvalue weighted by molar-refractivity contribution is 0.150. The van der Waals surface area contributed by atoms with Crippen LogP contribution in [0.4, 0.5) is 0 Å². The van der Waals surface area contributed by atoms with Crippen molar-refractivity contribution in [1.82, 2.24) is 0 Å². The monoisotopic (exact) mass is 261 g/mol. The summed E-state index contributed by atoms with van der Waals surface area (Å²) in [4.78, 5) is 1.02. The molecule has 0 bridgehead atoms. The predicted molar refractivity (Wildman–Crippen MR) is 77.0 cm³/mol. The quantitative estimate of drug-likeness (QED) is 0.888. The number of rotatable bonds is 4. The van der Waals surface area contributed by atoms with E-state index in [0.717, 1.165) is 16.0 Å². The minimum atomic E-state index is -0.516. The SMILES string of the molecule is Cc1ccc(C(CN)C(O)c2sccc2C)cc1. The molecule has 96 valence electrons. The van der Waals surface area contributed by atoms with Crippen LogP contribution in [0.3, 0.4) is 0 Å². The van der Waals surface area contributed by atoms with Gasteiger partial charge in [-0.05, 0) is 36.4 Å². The Morgan fingerprint density at radius 3 is 2.33 bits per heavy atom. The van der Waals surface area contributed by atoms with E-state index in [1.165, 1.54) is 5.56 Å². The van der Waals surface area contributed by atoms with E-state index in [9.17, 15) is 5.11 Å². The molecular weight excluding hydrogens is 242 g/mol. The second kappa shape index (κ2) is 5.65. The molecule has 18 heavy (non-hydrogen) atoms. The Balaban J connectivity index is 2.28. The maximum absolute atomic E-state index is 10.5. The van der Waals surface area contributed by atoms with Gasteiger partial charge in [-0.1, -0.05) is 29.8 Å². The number of nitrogens with two attached hydrogens (primary N) is 1. The third-order valence-electron chi connectivity index (χ3n) is 3.31. The molecule has 2 rings (SSSR count). The fourth-order valence-electron chi connectivity index (χ4n) is 2.13. The number of aliphatic hydroxyl groups is 1. The molecule has 1 aromatic carbocycles. The summed E-state index contributed by atoms with van der Waals surface area (Å²) in [7, 11) is 0. The zero-order valence-electron chi connectivity index (χ0n) is 10.8. The Bertz CT molecular complexity index is 503. The van der Waals surface area contributed by atoms with Crippen LogP contribution >= 0.6 is 11.3 Å². The molecule has 0 saturated carbocycles. The maximum Gasteiger partial charge on any atom is 0.0964 e. The van der Waals surface area contributed by atoms with Crippen LogP contribution < -0.4 is 5.73 Å². The van der Waals surface area contributed by atoms with Crippen molar-refractivity contribution in [3.8, 4) is 0 Å². The minimum absolute atomic E-state index is 0.0389. The molecule has 0 aliphatic heterocycles. The van der Waals surface area contributed by atoms with Crippen molar-refractivity contribution in [1.29, 1.82) is 0 Å². The Kier molecular flexibility index (Phi) is 4.17. The second-order valence-corrected chi connectivity index (χ2v) is 5.61. The normalized spacial score (nSPS) is 14.4. The van der Waals surface area contributed by atoms with Crippen molar-refractivity contribution < 1.29 is 5.11 Å². The van der Waals surface area contributed by atoms with E-state index < -0.39 is 6.10 Å². The van der Waals surface area contributed by atoms with E-state index in [1.54, 1.807) is 11.3 Å². The van der Waals surface area contributed by atoms with E-state index >= 15 is 0 Å². The van der Waals surface area contributed by atoms with E-state index in [0.29, 0.717) is 6.54 Å². The zero-order chi connectivity index (χ0) is 13.1. The topological polar surface area (TPSA) is 46.2 Å². The van der Waals surface area contributed by atoms with Gasteiger partial charge in [-0.25, -0.2) is 0 Å². The average Bonchev–Trinajstić information content (AvgIpc) is 2.78. The predicted octanol–water partition coefficient (Wildman–Crippen LogP) is 3.14. The Labute approximate surface area is 112 Å². The van der Waals surface area contributed by atoms with Gasteiger partial charge in [0.15, 0.2) is 0 Å². The van der Waals surface area contributed by atoms with Gasteiger partial charge >= 0.3 is 0 Å². The zero-order valence-corrected chi connectivity index (χ0v) is 11.6. The lowest BCUT2D eigenvalue weighted by Gasteiger charge is -2.22. The molecule has 0 amide bonds. The summed E-state index contributed by atoms with van der Waals surface area (Å²) in [6, 6.07) is 10.3. The fraction of sp³-hybridized carbons (Fsp3) is 0.333. The molecule has 1 aromatic heterocycles. The molecule has 0 spiro atoms. The molecule has 2 aromatic rings. The van der Waals surface area contributed by atoms with Crippen LogP contribution in [0.15, 0.2) is 35.7 Å². The van der Waals surface area contributed by atoms with Gasteiger partial charge in [0.2, 0.25) is 0 Å². The fourth-order valence-corrected chi connectivity index (χ4v) is 3.11. The Morgan fingerprint density at radius 2 is 1.83 bits per heavy atom. The summed E-state index contributed by atoms with van der Waals surface area (Å²) >= 11 is 1.59. The van der Waals surface area contributed by atoms with Crippen molar-refractivity contribution in [2.24, 2.45) is 5.73 Å². The van der Waals surface area contributed by atoms with Crippen LogP contribution in [0, 0.1) is 13.8 Å². The lowest BCUT2D eigenvalue weighted by Crippen LogP contribution is -2.20. The molecule has 0 aliphatic rings. The minimum Gasteiger partial charge on any atom is -0.387 e. The Morgan fingerprint density at radius 1 is 1.17 bits per heavy atom. The first kappa shape index (κ1) is 13.3. The number of hydrogen-bond acceptors (Lipinski definition) is 3. The second-order valence-electron chi connectivity index (χ2n) is 4.67. The van der Waals surface area contributed by atoms with E-state index in [2.05, 4.69) is 31.2 Å². The van der Waals surface area contributed by atoms with Crippen molar-refractivity contribution >= 4 is 11.3 Å². The van der Waals surface area contributed by atoms with Crippen LogP contribution in [-0.4, -0.2) is 11.7 Å². The third-order valence-corrected chi connectivity index (χ3v) is 4.40. The van der Waals surface area contributed by atoms with Gasteiger partial charge < -0.3 is 10.8 Å². The number of hydrogen-bond donors (Lipinski definition) is 2. The van der Waals surface area contributed by atoms with Gasteiger partial charge in [0.25, 0.3) is 0 Å². The molecule has 3 N–H and O–H groups in total. The molecule has 0 radical (unpaired) electrons. The lowest BCUT2D eigenvalue weighted by atomic mass is 9.91. The van der Waals surface area contributed by atoms with Crippen LogP contribution in [0.2, 0.25) is 0 Å². The van der Waals surface area contributed by atoms with Gasteiger partial charge in [-0.15, -0.1) is 11.3 Å². The standard InChI is InChI=1S/C15H19NOS/c1-10-3-5-12(6-4-10)13(9-16)14(17)15-11(2)7-8-18-15/h3-8,13-14,17H,9,16H2,1-2H3. The summed E-state index contributed by atoms with van der Waals surface area (Å²) in [6.07, 6.45) is -0.516. The van der Waals surface area contributed by atoms with Crippen molar-refractivity contribution in [3.63, 3.8) is 0 Å². The highest BCUT2D eigenvalue weighted by Crippen LogP contribution is 2.34. The summed E-state index contributed by atoms with van der Waals surface area (Å²) in [5.41, 5.74) is 9.30. The molecule has 0 fully saturated rings. The summed E-state index contributed by atoms with van der Waals surface area (Å²) in [5.74, 6) is -0.0389. The van der Waals surface area contributed by atoms with Gasteiger partial charge in [-0.2, -0.15) is 0 Å². The average molecular weight is 261 g/mol. The summed E-state index contributed by atoms with van der Waals surface area (Å²) in [5, 5.41) is 12.5. The molecular formula is C15H19NOS. The highest BCUT2D eigenvalue weighted by molar-refractivity contribution is 7.10. The number of thiophene rings is 1. The van der Waals surface area contributed by atoms with E-state index in [1.807, 2.05) is 18.4 Å². The maximum atomic E-state index is 10.5. The highest BCUT2D eigenvalue weighted by Gasteiger charge is 2.23. The highest BCUT2D eigenvalue weighted by atomic mass is 32.1. The van der Waals surface area contributed by atoms with Gasteiger partial charge in [0, 0.05) is 17.3 Å². The smallest absolute Gasteiger partial charge is 0.0964 e.